The molecule has 0 saturated carbocycles. The molecule has 0 aliphatic rings. The van der Waals surface area contributed by atoms with E-state index in [1.807, 2.05) is 0 Å². The Balaban J connectivity index is 2.23. The SMILES string of the molecule is Cc1cc(Cl)nc(NC(=O)c2cccc(C(N)=O)c2)n1. The van der Waals surface area contributed by atoms with Crippen LogP contribution in [0.15, 0.2) is 30.3 Å². The number of rotatable bonds is 3. The third-order valence-electron chi connectivity index (χ3n) is 2.46. The molecule has 2 rings (SSSR count). The van der Waals surface area contributed by atoms with Crippen LogP contribution in [0.3, 0.4) is 0 Å². The molecule has 20 heavy (non-hydrogen) atoms. The number of carbonyl (C=O) groups excluding carboxylic acids is 2. The summed E-state index contributed by atoms with van der Waals surface area (Å²) in [5.41, 5.74) is 6.32. The number of hydrogen-bond acceptors (Lipinski definition) is 4. The Hall–Kier alpha value is -2.47. The summed E-state index contributed by atoms with van der Waals surface area (Å²) in [4.78, 5) is 31.0. The number of aromatic nitrogens is 2. The third-order valence-corrected chi connectivity index (χ3v) is 2.65. The molecule has 2 aromatic rings. The van der Waals surface area contributed by atoms with Gasteiger partial charge in [-0.05, 0) is 31.2 Å². The molecule has 0 unspecified atom stereocenters. The lowest BCUT2D eigenvalue weighted by Gasteiger charge is -2.05. The summed E-state index contributed by atoms with van der Waals surface area (Å²) in [6.45, 7) is 1.73. The molecule has 0 radical (unpaired) electrons. The van der Waals surface area contributed by atoms with Crippen LogP contribution in [-0.2, 0) is 0 Å². The van der Waals surface area contributed by atoms with E-state index in [0.717, 1.165) is 0 Å². The van der Waals surface area contributed by atoms with Crippen molar-refractivity contribution in [3.63, 3.8) is 0 Å². The normalized spacial score (nSPS) is 10.1. The zero-order valence-corrected chi connectivity index (χ0v) is 11.3. The molecule has 102 valence electrons. The van der Waals surface area contributed by atoms with E-state index in [2.05, 4.69) is 15.3 Å². The standard InChI is InChI=1S/C13H11ClN4O2/c1-7-5-10(14)17-13(16-7)18-12(20)9-4-2-3-8(6-9)11(15)19/h2-6H,1H3,(H2,15,19)(H,16,17,18,20). The molecule has 0 saturated heterocycles. The molecule has 1 heterocycles. The van der Waals surface area contributed by atoms with Gasteiger partial charge in [0.25, 0.3) is 5.91 Å². The van der Waals surface area contributed by atoms with Crippen molar-refractivity contribution in [2.75, 3.05) is 5.32 Å². The van der Waals surface area contributed by atoms with Gasteiger partial charge in [-0.2, -0.15) is 0 Å². The predicted molar refractivity (Wildman–Crippen MR) is 74.7 cm³/mol. The summed E-state index contributed by atoms with van der Waals surface area (Å²) in [7, 11) is 0. The average molecular weight is 291 g/mol. The van der Waals surface area contributed by atoms with E-state index in [-0.39, 0.29) is 22.2 Å². The lowest BCUT2D eigenvalue weighted by Crippen LogP contribution is -2.16. The Kier molecular flexibility index (Phi) is 3.95. The van der Waals surface area contributed by atoms with Crippen LogP contribution in [0.4, 0.5) is 5.95 Å². The van der Waals surface area contributed by atoms with Gasteiger partial charge < -0.3 is 5.73 Å². The quantitative estimate of drug-likeness (QED) is 0.842. The molecule has 2 amide bonds. The minimum absolute atomic E-state index is 0.101. The first-order valence-electron chi connectivity index (χ1n) is 5.68. The van der Waals surface area contributed by atoms with Gasteiger partial charge in [0.05, 0.1) is 0 Å². The number of aryl methyl sites for hydroxylation is 1. The molecule has 7 heteroatoms. The van der Waals surface area contributed by atoms with Crippen LogP contribution >= 0.6 is 11.6 Å². The molecule has 1 aromatic carbocycles. The van der Waals surface area contributed by atoms with Crippen LogP contribution < -0.4 is 11.1 Å². The number of carbonyl (C=O) groups is 2. The van der Waals surface area contributed by atoms with Crippen LogP contribution in [0.1, 0.15) is 26.4 Å². The number of nitrogens with two attached hydrogens (primary N) is 1. The van der Waals surface area contributed by atoms with Crippen molar-refractivity contribution in [1.82, 2.24) is 9.97 Å². The van der Waals surface area contributed by atoms with E-state index in [0.29, 0.717) is 5.69 Å². The van der Waals surface area contributed by atoms with Crippen LogP contribution in [-0.4, -0.2) is 21.8 Å². The molecule has 0 fully saturated rings. The highest BCUT2D eigenvalue weighted by Crippen LogP contribution is 2.11. The van der Waals surface area contributed by atoms with Gasteiger partial charge in [0.2, 0.25) is 11.9 Å². The van der Waals surface area contributed by atoms with E-state index in [9.17, 15) is 9.59 Å². The van der Waals surface area contributed by atoms with Crippen molar-refractivity contribution in [2.45, 2.75) is 6.92 Å². The van der Waals surface area contributed by atoms with E-state index >= 15 is 0 Å². The Morgan fingerprint density at radius 3 is 2.55 bits per heavy atom. The minimum Gasteiger partial charge on any atom is -0.366 e. The summed E-state index contributed by atoms with van der Waals surface area (Å²) in [5.74, 6) is -0.950. The second-order valence-electron chi connectivity index (χ2n) is 4.05. The molecule has 0 bridgehead atoms. The number of halogens is 1. The first-order valence-corrected chi connectivity index (χ1v) is 6.06. The maximum Gasteiger partial charge on any atom is 0.258 e. The number of amides is 2. The monoisotopic (exact) mass is 290 g/mol. The minimum atomic E-state index is -0.602. The van der Waals surface area contributed by atoms with Gasteiger partial charge in [0, 0.05) is 16.8 Å². The van der Waals surface area contributed by atoms with Gasteiger partial charge in [-0.25, -0.2) is 9.97 Å². The average Bonchev–Trinajstić information content (AvgIpc) is 2.37. The van der Waals surface area contributed by atoms with Crippen LogP contribution in [0.5, 0.6) is 0 Å². The Morgan fingerprint density at radius 1 is 1.20 bits per heavy atom. The second-order valence-corrected chi connectivity index (χ2v) is 4.44. The maximum absolute atomic E-state index is 12.0. The maximum atomic E-state index is 12.0. The molecule has 0 aliphatic carbocycles. The van der Waals surface area contributed by atoms with E-state index in [1.165, 1.54) is 12.1 Å². The fraction of sp³-hybridized carbons (Fsp3) is 0.0769. The number of benzene rings is 1. The fourth-order valence-corrected chi connectivity index (χ4v) is 1.81. The van der Waals surface area contributed by atoms with Crippen molar-refractivity contribution >= 4 is 29.4 Å². The van der Waals surface area contributed by atoms with Crippen molar-refractivity contribution in [1.29, 1.82) is 0 Å². The van der Waals surface area contributed by atoms with Gasteiger partial charge in [-0.3, -0.25) is 14.9 Å². The fourth-order valence-electron chi connectivity index (χ4n) is 1.57. The predicted octanol–water partition coefficient (Wildman–Crippen LogP) is 1.79. The number of hydrogen-bond donors (Lipinski definition) is 2. The van der Waals surface area contributed by atoms with Gasteiger partial charge >= 0.3 is 0 Å². The topological polar surface area (TPSA) is 98.0 Å². The summed E-state index contributed by atoms with van der Waals surface area (Å²) in [6.07, 6.45) is 0. The van der Waals surface area contributed by atoms with E-state index in [1.54, 1.807) is 25.1 Å². The van der Waals surface area contributed by atoms with E-state index in [4.69, 9.17) is 17.3 Å². The first-order chi connectivity index (χ1) is 9.45. The largest absolute Gasteiger partial charge is 0.366 e. The summed E-state index contributed by atoms with van der Waals surface area (Å²) in [6, 6.07) is 7.62. The molecule has 3 N–H and O–H groups in total. The molecular formula is C13H11ClN4O2. The zero-order valence-electron chi connectivity index (χ0n) is 10.6. The van der Waals surface area contributed by atoms with Crippen LogP contribution in [0.25, 0.3) is 0 Å². The van der Waals surface area contributed by atoms with Crippen LogP contribution in [0.2, 0.25) is 5.15 Å². The van der Waals surface area contributed by atoms with Gasteiger partial charge in [-0.1, -0.05) is 17.7 Å². The third kappa shape index (κ3) is 3.30. The highest BCUT2D eigenvalue weighted by Gasteiger charge is 2.10. The number of anilines is 1. The molecule has 0 spiro atoms. The highest BCUT2D eigenvalue weighted by molar-refractivity contribution is 6.29. The van der Waals surface area contributed by atoms with Crippen LogP contribution in [0, 0.1) is 6.92 Å². The number of nitrogens with one attached hydrogen (secondary N) is 1. The lowest BCUT2D eigenvalue weighted by atomic mass is 10.1. The Morgan fingerprint density at radius 2 is 1.90 bits per heavy atom. The van der Waals surface area contributed by atoms with Gasteiger partial charge in [-0.15, -0.1) is 0 Å². The smallest absolute Gasteiger partial charge is 0.258 e. The molecule has 1 aromatic heterocycles. The Bertz CT molecular complexity index is 668. The van der Waals surface area contributed by atoms with E-state index < -0.39 is 11.8 Å². The van der Waals surface area contributed by atoms with Crippen molar-refractivity contribution in [3.8, 4) is 0 Å². The van der Waals surface area contributed by atoms with Gasteiger partial charge in [0.1, 0.15) is 5.15 Å². The van der Waals surface area contributed by atoms with Crippen molar-refractivity contribution < 1.29 is 9.59 Å². The second kappa shape index (κ2) is 5.66. The molecule has 0 aliphatic heterocycles. The number of nitrogens with zero attached hydrogens (tertiary/aromatic N) is 2. The lowest BCUT2D eigenvalue weighted by molar-refractivity contribution is 0.1000. The van der Waals surface area contributed by atoms with Gasteiger partial charge in [0.15, 0.2) is 0 Å². The summed E-state index contributed by atoms with van der Waals surface area (Å²) >= 11 is 5.78. The highest BCUT2D eigenvalue weighted by atomic mass is 35.5. The summed E-state index contributed by atoms with van der Waals surface area (Å²) < 4.78 is 0. The number of primary amides is 1. The molecule has 6 nitrogen and oxygen atoms in total. The summed E-state index contributed by atoms with van der Waals surface area (Å²) in [5, 5.41) is 2.74. The first kappa shape index (κ1) is 14.0. The van der Waals surface area contributed by atoms with Crippen molar-refractivity contribution in [3.05, 3.63) is 52.3 Å². The molecule has 0 atom stereocenters. The van der Waals surface area contributed by atoms with Crippen molar-refractivity contribution in [2.24, 2.45) is 5.73 Å². The zero-order chi connectivity index (χ0) is 14.7. The Labute approximate surface area is 120 Å². The molecular weight excluding hydrogens is 280 g/mol.